The van der Waals surface area contributed by atoms with Gasteiger partial charge < -0.3 is 14.2 Å². The van der Waals surface area contributed by atoms with E-state index in [9.17, 15) is 0 Å². The van der Waals surface area contributed by atoms with Crippen molar-refractivity contribution in [3.05, 3.63) is 46.5 Å². The summed E-state index contributed by atoms with van der Waals surface area (Å²) in [7, 11) is 0. The highest BCUT2D eigenvalue weighted by Crippen LogP contribution is 2.40. The van der Waals surface area contributed by atoms with Crippen LogP contribution in [0.25, 0.3) is 0 Å². The molecule has 1 fully saturated rings. The molecule has 8 heteroatoms. The molecule has 0 bridgehead atoms. The molecule has 0 unspecified atom stereocenters. The monoisotopic (exact) mass is 427 g/mol. The summed E-state index contributed by atoms with van der Waals surface area (Å²) in [5.41, 5.74) is 0.719. The highest BCUT2D eigenvalue weighted by molar-refractivity contribution is 6.35. The molecule has 0 amide bonds. The fraction of sp³-hybridized carbons (Fsp3) is 0.600. The Kier molecular flexibility index (Phi) is 8.11. The first-order valence-corrected chi connectivity index (χ1v) is 10.6. The summed E-state index contributed by atoms with van der Waals surface area (Å²) in [6.07, 6.45) is 8.99. The van der Waals surface area contributed by atoms with Crippen LogP contribution >= 0.6 is 23.2 Å². The molecule has 1 saturated heterocycles. The zero-order valence-corrected chi connectivity index (χ0v) is 17.7. The molecule has 1 aromatic carbocycles. The van der Waals surface area contributed by atoms with E-state index in [1.807, 2.05) is 6.07 Å². The van der Waals surface area contributed by atoms with E-state index < -0.39 is 5.79 Å². The van der Waals surface area contributed by atoms with Crippen molar-refractivity contribution in [3.63, 3.8) is 0 Å². The molecule has 2 atom stereocenters. The van der Waals surface area contributed by atoms with E-state index in [1.54, 1.807) is 23.1 Å². The molecule has 2 aromatic rings. The molecule has 2 heterocycles. The maximum absolute atomic E-state index is 6.45. The normalized spacial score (nSPS) is 22.0. The van der Waals surface area contributed by atoms with Gasteiger partial charge in [-0.05, 0) is 18.6 Å². The third-order valence-electron chi connectivity index (χ3n) is 4.73. The van der Waals surface area contributed by atoms with Crippen molar-refractivity contribution in [2.24, 2.45) is 0 Å². The fourth-order valence-corrected chi connectivity index (χ4v) is 3.86. The van der Waals surface area contributed by atoms with Crippen LogP contribution in [-0.2, 0) is 26.5 Å². The van der Waals surface area contributed by atoms with Gasteiger partial charge in [0, 0.05) is 17.2 Å². The molecule has 28 heavy (non-hydrogen) atoms. The Morgan fingerprint density at radius 2 is 2.11 bits per heavy atom. The molecule has 0 spiro atoms. The Labute approximate surface area is 176 Å². The zero-order valence-electron chi connectivity index (χ0n) is 16.2. The number of aromatic nitrogens is 3. The Hall–Kier alpha value is -1.18. The molecule has 1 aromatic heterocycles. The lowest BCUT2D eigenvalue weighted by Crippen LogP contribution is -2.35. The third kappa shape index (κ3) is 5.67. The average Bonchev–Trinajstić information content (AvgIpc) is 3.32. The summed E-state index contributed by atoms with van der Waals surface area (Å²) in [4.78, 5) is 4.00. The first-order chi connectivity index (χ1) is 13.6. The number of halogens is 2. The van der Waals surface area contributed by atoms with Crippen molar-refractivity contribution in [2.45, 2.75) is 57.5 Å². The summed E-state index contributed by atoms with van der Waals surface area (Å²) in [6.45, 7) is 4.19. The topological polar surface area (TPSA) is 58.4 Å². The van der Waals surface area contributed by atoms with Gasteiger partial charge in [-0.2, -0.15) is 5.10 Å². The number of hydrogen-bond donors (Lipinski definition) is 0. The number of unbranched alkanes of at least 4 members (excludes halogenated alkanes) is 4. The second kappa shape index (κ2) is 10.6. The first kappa shape index (κ1) is 21.5. The van der Waals surface area contributed by atoms with E-state index in [0.717, 1.165) is 18.6 Å². The van der Waals surface area contributed by atoms with Crippen LogP contribution in [0.1, 0.15) is 44.6 Å². The van der Waals surface area contributed by atoms with E-state index >= 15 is 0 Å². The Balaban J connectivity index is 1.61. The quantitative estimate of drug-likeness (QED) is 0.480. The molecule has 6 nitrogen and oxygen atoms in total. The van der Waals surface area contributed by atoms with Gasteiger partial charge in [-0.25, -0.2) is 9.67 Å². The number of nitrogens with zero attached hydrogens (tertiary/aromatic N) is 3. The average molecular weight is 428 g/mol. The molecular weight excluding hydrogens is 401 g/mol. The van der Waals surface area contributed by atoms with Gasteiger partial charge in [0.25, 0.3) is 0 Å². The second-order valence-corrected chi connectivity index (χ2v) is 7.85. The Morgan fingerprint density at radius 3 is 2.86 bits per heavy atom. The van der Waals surface area contributed by atoms with E-state index in [4.69, 9.17) is 37.4 Å². The number of benzene rings is 1. The number of hydrogen-bond acceptors (Lipinski definition) is 5. The third-order valence-corrected chi connectivity index (χ3v) is 5.28. The predicted molar refractivity (Wildman–Crippen MR) is 109 cm³/mol. The Morgan fingerprint density at radius 1 is 1.25 bits per heavy atom. The molecule has 0 saturated carbocycles. The second-order valence-electron chi connectivity index (χ2n) is 7.01. The molecule has 0 N–H and O–H groups in total. The van der Waals surface area contributed by atoms with Gasteiger partial charge in [-0.15, -0.1) is 0 Å². The largest absolute Gasteiger partial charge is 0.379 e. The lowest BCUT2D eigenvalue weighted by Gasteiger charge is -2.29. The van der Waals surface area contributed by atoms with Crippen LogP contribution in [0, 0.1) is 0 Å². The van der Waals surface area contributed by atoms with Gasteiger partial charge in [0.2, 0.25) is 5.79 Å². The van der Waals surface area contributed by atoms with E-state index in [1.165, 1.54) is 32.0 Å². The van der Waals surface area contributed by atoms with Gasteiger partial charge in [0.15, 0.2) is 0 Å². The van der Waals surface area contributed by atoms with Crippen LogP contribution in [0.2, 0.25) is 10.0 Å². The number of ether oxygens (including phenoxy) is 3. The van der Waals surface area contributed by atoms with Gasteiger partial charge in [0.05, 0.1) is 18.2 Å². The van der Waals surface area contributed by atoms with Crippen LogP contribution in [0.15, 0.2) is 30.9 Å². The van der Waals surface area contributed by atoms with E-state index in [-0.39, 0.29) is 6.10 Å². The first-order valence-electron chi connectivity index (χ1n) is 9.80. The summed E-state index contributed by atoms with van der Waals surface area (Å²) in [6, 6.07) is 5.30. The van der Waals surface area contributed by atoms with Gasteiger partial charge in [0.1, 0.15) is 25.3 Å². The van der Waals surface area contributed by atoms with Crippen molar-refractivity contribution < 1.29 is 14.2 Å². The van der Waals surface area contributed by atoms with Crippen molar-refractivity contribution in [1.82, 2.24) is 14.8 Å². The Bertz CT molecular complexity index is 729. The van der Waals surface area contributed by atoms with E-state index in [2.05, 4.69) is 17.0 Å². The summed E-state index contributed by atoms with van der Waals surface area (Å²) in [5.74, 6) is -1.05. The maximum atomic E-state index is 6.45. The fourth-order valence-electron chi connectivity index (χ4n) is 3.30. The van der Waals surface area contributed by atoms with Crippen LogP contribution in [0.5, 0.6) is 0 Å². The van der Waals surface area contributed by atoms with Crippen molar-refractivity contribution in [2.75, 3.05) is 19.8 Å². The van der Waals surface area contributed by atoms with Crippen LogP contribution < -0.4 is 0 Å². The summed E-state index contributed by atoms with van der Waals surface area (Å²) >= 11 is 12.5. The van der Waals surface area contributed by atoms with Crippen LogP contribution in [0.4, 0.5) is 0 Å². The lowest BCUT2D eigenvalue weighted by molar-refractivity contribution is -0.193. The summed E-state index contributed by atoms with van der Waals surface area (Å²) < 4.78 is 19.9. The number of rotatable bonds is 11. The van der Waals surface area contributed by atoms with Gasteiger partial charge >= 0.3 is 0 Å². The smallest absolute Gasteiger partial charge is 0.217 e. The molecule has 0 aliphatic carbocycles. The van der Waals surface area contributed by atoms with Crippen LogP contribution in [-0.4, -0.2) is 40.7 Å². The minimum Gasteiger partial charge on any atom is -0.379 e. The minimum absolute atomic E-state index is 0.175. The molecule has 1 aliphatic rings. The van der Waals surface area contributed by atoms with Crippen molar-refractivity contribution in [3.8, 4) is 0 Å². The standard InChI is InChI=1S/C20H27Cl2N3O3/c1-2-3-4-5-6-9-26-11-17-12-27-20(28-17,13-25-15-23-14-24-25)18-8-7-16(21)10-19(18)22/h7-8,10,14-15,17H,2-6,9,11-13H2,1H3/t17-,20-/m1/s1. The zero-order chi connectivity index (χ0) is 19.8. The highest BCUT2D eigenvalue weighted by Gasteiger charge is 2.45. The van der Waals surface area contributed by atoms with Crippen LogP contribution in [0.3, 0.4) is 0 Å². The predicted octanol–water partition coefficient (Wildman–Crippen LogP) is 4.84. The van der Waals surface area contributed by atoms with Gasteiger partial charge in [-0.1, -0.05) is 61.9 Å². The molecule has 1 aliphatic heterocycles. The van der Waals surface area contributed by atoms with Crippen molar-refractivity contribution >= 4 is 23.2 Å². The molecular formula is C20H27Cl2N3O3. The highest BCUT2D eigenvalue weighted by atomic mass is 35.5. The minimum atomic E-state index is -1.05. The maximum Gasteiger partial charge on any atom is 0.217 e. The molecule has 0 radical (unpaired) electrons. The molecule has 154 valence electrons. The van der Waals surface area contributed by atoms with E-state index in [0.29, 0.717) is 29.8 Å². The van der Waals surface area contributed by atoms with Crippen molar-refractivity contribution in [1.29, 1.82) is 0 Å². The lowest BCUT2D eigenvalue weighted by atomic mass is 10.1. The SMILES string of the molecule is CCCCCCCOC[C@@H]1CO[C@@](Cn2cncn2)(c2ccc(Cl)cc2Cl)O1. The summed E-state index contributed by atoms with van der Waals surface area (Å²) in [5, 5.41) is 5.23. The van der Waals surface area contributed by atoms with Gasteiger partial charge in [-0.3, -0.25) is 0 Å². The molecule has 3 rings (SSSR count).